The number of nitrogens with zero attached hydrogens (tertiary/aromatic N) is 2. The SMILES string of the molecule is CCC1CN(CC2(CC(N)=S)CC2)CCN1C. The molecule has 1 atom stereocenters. The van der Waals surface area contributed by atoms with Crippen molar-refractivity contribution in [1.29, 1.82) is 0 Å². The molecule has 3 nitrogen and oxygen atoms in total. The molecule has 2 rings (SSSR count). The van der Waals surface area contributed by atoms with Gasteiger partial charge < -0.3 is 10.6 Å². The number of thiocarbonyl (C=S) groups is 1. The van der Waals surface area contributed by atoms with Crippen LogP contribution >= 0.6 is 12.2 Å². The predicted octanol–water partition coefficient (Wildman–Crippen LogP) is 1.47. The summed E-state index contributed by atoms with van der Waals surface area (Å²) >= 11 is 5.07. The highest BCUT2D eigenvalue weighted by Crippen LogP contribution is 2.49. The maximum atomic E-state index is 5.70. The van der Waals surface area contributed by atoms with E-state index < -0.39 is 0 Å². The molecule has 0 aromatic heterocycles. The average molecular weight is 255 g/mol. The van der Waals surface area contributed by atoms with E-state index in [1.807, 2.05) is 0 Å². The molecular formula is C13H25N3S. The minimum atomic E-state index is 0.444. The van der Waals surface area contributed by atoms with Crippen molar-refractivity contribution in [3.63, 3.8) is 0 Å². The summed E-state index contributed by atoms with van der Waals surface area (Å²) in [5.74, 6) is 0. The van der Waals surface area contributed by atoms with Crippen LogP contribution in [0.1, 0.15) is 32.6 Å². The van der Waals surface area contributed by atoms with Crippen LogP contribution in [-0.2, 0) is 0 Å². The summed E-state index contributed by atoms with van der Waals surface area (Å²) in [4.78, 5) is 5.81. The van der Waals surface area contributed by atoms with Gasteiger partial charge in [0.05, 0.1) is 4.99 Å². The van der Waals surface area contributed by atoms with Gasteiger partial charge in [-0.1, -0.05) is 19.1 Å². The molecule has 1 aliphatic heterocycles. The summed E-state index contributed by atoms with van der Waals surface area (Å²) in [6.45, 7) is 7.10. The van der Waals surface area contributed by atoms with E-state index >= 15 is 0 Å². The van der Waals surface area contributed by atoms with E-state index in [-0.39, 0.29) is 0 Å². The van der Waals surface area contributed by atoms with E-state index in [2.05, 4.69) is 23.8 Å². The molecule has 0 aromatic rings. The van der Waals surface area contributed by atoms with Gasteiger partial charge in [-0.25, -0.2) is 0 Å². The van der Waals surface area contributed by atoms with Gasteiger partial charge in [0, 0.05) is 38.6 Å². The van der Waals surface area contributed by atoms with E-state index in [9.17, 15) is 0 Å². The zero-order chi connectivity index (χ0) is 12.5. The normalized spacial score (nSPS) is 29.2. The van der Waals surface area contributed by atoms with E-state index in [0.717, 1.165) is 12.5 Å². The van der Waals surface area contributed by atoms with Crippen LogP contribution in [0.25, 0.3) is 0 Å². The van der Waals surface area contributed by atoms with Crippen molar-refractivity contribution in [3.05, 3.63) is 0 Å². The molecule has 1 saturated heterocycles. The second-order valence-corrected chi connectivity index (χ2v) is 6.45. The average Bonchev–Trinajstić information content (AvgIpc) is 3.00. The topological polar surface area (TPSA) is 32.5 Å². The second-order valence-electron chi connectivity index (χ2n) is 5.92. The molecule has 1 unspecified atom stereocenters. The number of hydrogen-bond acceptors (Lipinski definition) is 3. The molecule has 2 N–H and O–H groups in total. The van der Waals surface area contributed by atoms with Crippen molar-refractivity contribution in [2.75, 3.05) is 33.2 Å². The van der Waals surface area contributed by atoms with Crippen molar-refractivity contribution in [2.45, 2.75) is 38.6 Å². The molecule has 1 saturated carbocycles. The summed E-state index contributed by atoms with van der Waals surface area (Å²) in [7, 11) is 2.24. The maximum Gasteiger partial charge on any atom is 0.0733 e. The molecule has 0 aromatic carbocycles. The number of nitrogens with two attached hydrogens (primary N) is 1. The van der Waals surface area contributed by atoms with Gasteiger partial charge >= 0.3 is 0 Å². The Kier molecular flexibility index (Phi) is 4.06. The van der Waals surface area contributed by atoms with Crippen LogP contribution in [0.4, 0.5) is 0 Å². The molecule has 0 radical (unpaired) electrons. The van der Waals surface area contributed by atoms with Crippen LogP contribution in [0.3, 0.4) is 0 Å². The van der Waals surface area contributed by atoms with Crippen molar-refractivity contribution >= 4 is 17.2 Å². The highest BCUT2D eigenvalue weighted by Gasteiger charge is 2.44. The smallest absolute Gasteiger partial charge is 0.0733 e. The first-order chi connectivity index (χ1) is 8.04. The van der Waals surface area contributed by atoms with Crippen LogP contribution in [-0.4, -0.2) is 54.1 Å². The molecule has 2 aliphatic rings. The van der Waals surface area contributed by atoms with Gasteiger partial charge in [-0.3, -0.25) is 4.90 Å². The largest absolute Gasteiger partial charge is 0.393 e. The maximum absolute atomic E-state index is 5.70. The third-order valence-electron chi connectivity index (χ3n) is 4.40. The second kappa shape index (κ2) is 5.21. The number of hydrogen-bond donors (Lipinski definition) is 1. The first-order valence-electron chi connectivity index (χ1n) is 6.75. The zero-order valence-electron chi connectivity index (χ0n) is 11.1. The fourth-order valence-corrected chi connectivity index (χ4v) is 3.31. The molecule has 1 aliphatic carbocycles. The Labute approximate surface area is 110 Å². The lowest BCUT2D eigenvalue weighted by Crippen LogP contribution is -2.52. The summed E-state index contributed by atoms with van der Waals surface area (Å²) in [5, 5.41) is 0. The quantitative estimate of drug-likeness (QED) is 0.754. The molecule has 0 amide bonds. The number of rotatable bonds is 5. The Morgan fingerprint density at radius 3 is 2.65 bits per heavy atom. The molecule has 4 heteroatoms. The number of piperazine rings is 1. The van der Waals surface area contributed by atoms with Crippen LogP contribution in [0, 0.1) is 5.41 Å². The minimum absolute atomic E-state index is 0.444. The van der Waals surface area contributed by atoms with Crippen molar-refractivity contribution in [1.82, 2.24) is 9.80 Å². The standard InChI is InChI=1S/C13H25N3S/c1-3-11-9-16(7-6-15(11)2)10-13(4-5-13)8-12(14)17/h11H,3-10H2,1-2H3,(H2,14,17). The molecule has 98 valence electrons. The summed E-state index contributed by atoms with van der Waals surface area (Å²) in [6.07, 6.45) is 4.82. The third-order valence-corrected chi connectivity index (χ3v) is 4.54. The van der Waals surface area contributed by atoms with E-state index in [4.69, 9.17) is 18.0 Å². The fraction of sp³-hybridized carbons (Fsp3) is 0.923. The van der Waals surface area contributed by atoms with E-state index in [0.29, 0.717) is 10.4 Å². The molecule has 0 spiro atoms. The third kappa shape index (κ3) is 3.39. The number of likely N-dealkylation sites (N-methyl/N-ethyl adjacent to an activating group) is 1. The minimum Gasteiger partial charge on any atom is -0.393 e. The van der Waals surface area contributed by atoms with E-state index in [1.54, 1.807) is 0 Å². The van der Waals surface area contributed by atoms with Crippen LogP contribution in [0.2, 0.25) is 0 Å². The zero-order valence-corrected chi connectivity index (χ0v) is 11.9. The Balaban J connectivity index is 1.85. The monoisotopic (exact) mass is 255 g/mol. The molecule has 2 fully saturated rings. The van der Waals surface area contributed by atoms with Gasteiger partial charge in [0.1, 0.15) is 0 Å². The predicted molar refractivity (Wildman–Crippen MR) is 76.2 cm³/mol. The van der Waals surface area contributed by atoms with Crippen LogP contribution in [0.15, 0.2) is 0 Å². The van der Waals surface area contributed by atoms with Crippen molar-refractivity contribution in [2.24, 2.45) is 11.1 Å². The fourth-order valence-electron chi connectivity index (χ4n) is 3.01. The summed E-state index contributed by atoms with van der Waals surface area (Å²) in [6, 6.07) is 0.726. The molecule has 0 bridgehead atoms. The summed E-state index contributed by atoms with van der Waals surface area (Å²) < 4.78 is 0. The Hall–Kier alpha value is -0.190. The highest BCUT2D eigenvalue weighted by atomic mass is 32.1. The van der Waals surface area contributed by atoms with Crippen molar-refractivity contribution in [3.8, 4) is 0 Å². The van der Waals surface area contributed by atoms with Crippen LogP contribution < -0.4 is 5.73 Å². The van der Waals surface area contributed by atoms with Gasteiger partial charge in [0.2, 0.25) is 0 Å². The molecule has 17 heavy (non-hydrogen) atoms. The Bertz CT molecular complexity index is 288. The first kappa shape index (κ1) is 13.2. The summed E-state index contributed by atoms with van der Waals surface area (Å²) in [5.41, 5.74) is 6.15. The molecular weight excluding hydrogens is 230 g/mol. The van der Waals surface area contributed by atoms with Gasteiger partial charge in [0.25, 0.3) is 0 Å². The lowest BCUT2D eigenvalue weighted by molar-refractivity contribution is 0.0789. The van der Waals surface area contributed by atoms with Gasteiger partial charge in [-0.2, -0.15) is 0 Å². The van der Waals surface area contributed by atoms with Gasteiger partial charge in [-0.05, 0) is 31.7 Å². The lowest BCUT2D eigenvalue weighted by Gasteiger charge is -2.40. The Morgan fingerprint density at radius 1 is 1.41 bits per heavy atom. The molecule has 1 heterocycles. The van der Waals surface area contributed by atoms with E-state index in [1.165, 1.54) is 45.4 Å². The van der Waals surface area contributed by atoms with Gasteiger partial charge in [0.15, 0.2) is 0 Å². The lowest BCUT2D eigenvalue weighted by atomic mass is 10.00. The van der Waals surface area contributed by atoms with Crippen molar-refractivity contribution < 1.29 is 0 Å². The van der Waals surface area contributed by atoms with Gasteiger partial charge in [-0.15, -0.1) is 0 Å². The Morgan fingerprint density at radius 2 is 2.12 bits per heavy atom. The van der Waals surface area contributed by atoms with Crippen LogP contribution in [0.5, 0.6) is 0 Å². The highest BCUT2D eigenvalue weighted by molar-refractivity contribution is 7.80. The first-order valence-corrected chi connectivity index (χ1v) is 7.16.